The first-order valence-electron chi connectivity index (χ1n) is 9.19. The zero-order chi connectivity index (χ0) is 26.1. The summed E-state index contributed by atoms with van der Waals surface area (Å²) in [5.74, 6) is -1.96. The number of hydrogen-bond donors (Lipinski definition) is 0. The maximum atomic E-state index is 13.4. The maximum absolute atomic E-state index is 13.4. The van der Waals surface area contributed by atoms with Gasteiger partial charge in [0.05, 0.1) is 22.7 Å². The number of halogens is 9. The van der Waals surface area contributed by atoms with Crippen molar-refractivity contribution in [2.45, 2.75) is 32.4 Å². The van der Waals surface area contributed by atoms with Crippen molar-refractivity contribution >= 4 is 11.7 Å². The van der Waals surface area contributed by atoms with Gasteiger partial charge in [-0.1, -0.05) is 13.8 Å². The Bertz CT molecular complexity index is 1120. The van der Waals surface area contributed by atoms with Crippen LogP contribution < -0.4 is 10.4 Å². The van der Waals surface area contributed by atoms with E-state index in [1.165, 1.54) is 13.8 Å². The largest absolute Gasteiger partial charge is 0.442 e. The lowest BCUT2D eigenvalue weighted by Gasteiger charge is -2.16. The van der Waals surface area contributed by atoms with Gasteiger partial charge in [-0.15, -0.1) is 0 Å². The fourth-order valence-electron chi connectivity index (χ4n) is 2.37. The van der Waals surface area contributed by atoms with E-state index in [0.29, 0.717) is 22.8 Å². The number of aromatic nitrogens is 2. The van der Waals surface area contributed by atoms with Crippen molar-refractivity contribution in [1.29, 1.82) is 0 Å². The Hall–Kier alpha value is -3.26. The summed E-state index contributed by atoms with van der Waals surface area (Å²) in [6.45, 7) is 2.13. The predicted molar refractivity (Wildman–Crippen MR) is 96.3 cm³/mol. The van der Waals surface area contributed by atoms with Gasteiger partial charge >= 0.3 is 24.5 Å². The molecular weight excluding hydrogens is 489 g/mol. The molecule has 2 aromatic rings. The zero-order valence-electron chi connectivity index (χ0n) is 17.6. The molecule has 34 heavy (non-hydrogen) atoms. The standard InChI is InChI=1S/C19H16F9N3O3/c1-9(2)15(32)34-8-33-14-7-13(19(26,27)28)30-16(31(14)3)29-12-5-4-10(17(20,21)22)6-11(12)18(23,24)25/h4-7,9H,8H2,1-3H3. The lowest BCUT2D eigenvalue weighted by Crippen LogP contribution is -2.28. The Balaban J connectivity index is 2.66. The van der Waals surface area contributed by atoms with Crippen LogP contribution in [0.3, 0.4) is 0 Å². The second-order valence-electron chi connectivity index (χ2n) is 7.06. The van der Waals surface area contributed by atoms with Gasteiger partial charge in [0, 0.05) is 13.1 Å². The average molecular weight is 505 g/mol. The van der Waals surface area contributed by atoms with E-state index in [1.54, 1.807) is 0 Å². The highest BCUT2D eigenvalue weighted by Crippen LogP contribution is 2.40. The van der Waals surface area contributed by atoms with E-state index >= 15 is 0 Å². The third-order valence-electron chi connectivity index (χ3n) is 4.13. The molecule has 15 heteroatoms. The van der Waals surface area contributed by atoms with Crippen molar-refractivity contribution in [1.82, 2.24) is 9.55 Å². The molecule has 0 aliphatic carbocycles. The van der Waals surface area contributed by atoms with Gasteiger partial charge < -0.3 is 9.47 Å². The van der Waals surface area contributed by atoms with Crippen LogP contribution in [0.2, 0.25) is 0 Å². The minimum atomic E-state index is -5.31. The summed E-state index contributed by atoms with van der Waals surface area (Å²) in [4.78, 5) is 18.0. The summed E-state index contributed by atoms with van der Waals surface area (Å²) < 4.78 is 129. The lowest BCUT2D eigenvalue weighted by atomic mass is 10.1. The molecule has 0 aliphatic heterocycles. The molecule has 0 unspecified atom stereocenters. The Labute approximate surface area is 185 Å². The van der Waals surface area contributed by atoms with Crippen LogP contribution in [0, 0.1) is 5.92 Å². The first-order valence-corrected chi connectivity index (χ1v) is 9.19. The van der Waals surface area contributed by atoms with E-state index in [0.717, 1.165) is 7.05 Å². The molecule has 0 aliphatic rings. The normalized spacial score (nSPS) is 13.4. The summed E-state index contributed by atoms with van der Waals surface area (Å²) >= 11 is 0. The molecule has 6 nitrogen and oxygen atoms in total. The number of benzene rings is 1. The number of esters is 1. The van der Waals surface area contributed by atoms with E-state index in [9.17, 15) is 44.3 Å². The highest BCUT2D eigenvalue weighted by atomic mass is 19.4. The Morgan fingerprint density at radius 2 is 1.62 bits per heavy atom. The molecule has 0 atom stereocenters. The first-order chi connectivity index (χ1) is 15.4. The third kappa shape index (κ3) is 6.63. The van der Waals surface area contributed by atoms with Crippen LogP contribution in [0.5, 0.6) is 5.88 Å². The molecule has 0 radical (unpaired) electrons. The smallest absolute Gasteiger partial charge is 0.433 e. The van der Waals surface area contributed by atoms with Gasteiger partial charge in [-0.25, -0.2) is 9.98 Å². The SMILES string of the molecule is CC(C)C(=O)OCOc1cc(C(F)(F)F)nc(=Nc2ccc(C(F)(F)F)cc2C(F)(F)F)n1C. The molecule has 188 valence electrons. The number of ether oxygens (including phenoxy) is 2. The van der Waals surface area contributed by atoms with Gasteiger partial charge in [-0.2, -0.15) is 39.5 Å². The molecule has 0 amide bonds. The molecule has 1 aromatic carbocycles. The van der Waals surface area contributed by atoms with Crippen molar-refractivity contribution in [2.75, 3.05) is 6.79 Å². The fourth-order valence-corrected chi connectivity index (χ4v) is 2.37. The van der Waals surface area contributed by atoms with Crippen LogP contribution in [0.15, 0.2) is 29.3 Å². The lowest BCUT2D eigenvalue weighted by molar-refractivity contribution is -0.154. The van der Waals surface area contributed by atoms with Crippen molar-refractivity contribution in [3.8, 4) is 5.88 Å². The van der Waals surface area contributed by atoms with Gasteiger partial charge in [-0.05, 0) is 18.2 Å². The minimum absolute atomic E-state index is 0.213. The number of alkyl halides is 9. The van der Waals surface area contributed by atoms with Crippen LogP contribution in [0.4, 0.5) is 45.2 Å². The number of carbonyl (C=O) groups is 1. The second-order valence-corrected chi connectivity index (χ2v) is 7.06. The first kappa shape index (κ1) is 27.0. The van der Waals surface area contributed by atoms with Gasteiger partial charge in [0.25, 0.3) is 0 Å². The van der Waals surface area contributed by atoms with Gasteiger partial charge in [0.15, 0.2) is 5.69 Å². The van der Waals surface area contributed by atoms with Crippen molar-refractivity contribution in [2.24, 2.45) is 18.0 Å². The van der Waals surface area contributed by atoms with Crippen LogP contribution in [-0.2, 0) is 35.1 Å². The molecule has 2 rings (SSSR count). The average Bonchev–Trinajstić information content (AvgIpc) is 2.68. The van der Waals surface area contributed by atoms with Crippen LogP contribution in [0.1, 0.15) is 30.7 Å². The highest BCUT2D eigenvalue weighted by Gasteiger charge is 2.38. The minimum Gasteiger partial charge on any atom is -0.442 e. The van der Waals surface area contributed by atoms with E-state index in [4.69, 9.17) is 9.47 Å². The monoisotopic (exact) mass is 505 g/mol. The van der Waals surface area contributed by atoms with Crippen LogP contribution in [0.25, 0.3) is 0 Å². The molecule has 0 bridgehead atoms. The van der Waals surface area contributed by atoms with E-state index in [-0.39, 0.29) is 6.07 Å². The van der Waals surface area contributed by atoms with Crippen LogP contribution >= 0.6 is 0 Å². The number of hydrogen-bond acceptors (Lipinski definition) is 5. The molecule has 1 heterocycles. The van der Waals surface area contributed by atoms with Gasteiger partial charge in [0.2, 0.25) is 18.3 Å². The van der Waals surface area contributed by atoms with E-state index in [2.05, 4.69) is 9.98 Å². The van der Waals surface area contributed by atoms with Crippen LogP contribution in [-0.4, -0.2) is 22.3 Å². The molecule has 1 aromatic heterocycles. The summed E-state index contributed by atoms with van der Waals surface area (Å²) in [7, 11) is 1.03. The Morgan fingerprint density at radius 1 is 1.00 bits per heavy atom. The quantitative estimate of drug-likeness (QED) is 0.317. The molecule has 0 saturated heterocycles. The van der Waals surface area contributed by atoms with Crippen molar-refractivity contribution in [3.05, 3.63) is 46.7 Å². The molecule has 0 fully saturated rings. The molecule has 0 N–H and O–H groups in total. The van der Waals surface area contributed by atoms with E-state index in [1.807, 2.05) is 0 Å². The van der Waals surface area contributed by atoms with Gasteiger partial charge in [0.1, 0.15) is 0 Å². The summed E-state index contributed by atoms with van der Waals surface area (Å²) in [5.41, 5.74) is -7.16. The van der Waals surface area contributed by atoms with Crippen molar-refractivity contribution < 1.29 is 53.8 Å². The second kappa shape index (κ2) is 9.54. The third-order valence-corrected chi connectivity index (χ3v) is 4.13. The Kier molecular flexibility index (Phi) is 7.57. The number of carbonyl (C=O) groups excluding carboxylic acids is 1. The topological polar surface area (TPSA) is 65.7 Å². The summed E-state index contributed by atoms with van der Waals surface area (Å²) in [6, 6.07) is 0.831. The van der Waals surface area contributed by atoms with Crippen molar-refractivity contribution in [3.63, 3.8) is 0 Å². The molecular formula is C19H16F9N3O3. The zero-order valence-corrected chi connectivity index (χ0v) is 17.6. The number of rotatable bonds is 5. The van der Waals surface area contributed by atoms with E-state index < -0.39 is 71.2 Å². The maximum Gasteiger partial charge on any atom is 0.433 e. The molecule has 0 spiro atoms. The predicted octanol–water partition coefficient (Wildman–Crippen LogP) is 5.24. The highest BCUT2D eigenvalue weighted by molar-refractivity contribution is 5.71. The number of nitrogens with zero attached hydrogens (tertiary/aromatic N) is 3. The molecule has 0 saturated carbocycles. The fraction of sp³-hybridized carbons (Fsp3) is 0.421. The Morgan fingerprint density at radius 3 is 2.12 bits per heavy atom. The van der Waals surface area contributed by atoms with Gasteiger partial charge in [-0.3, -0.25) is 9.36 Å². The summed E-state index contributed by atoms with van der Waals surface area (Å²) in [6.07, 6.45) is -15.5. The summed E-state index contributed by atoms with van der Waals surface area (Å²) in [5, 5.41) is 0.